The lowest BCUT2D eigenvalue weighted by molar-refractivity contribution is -0.137. The number of aliphatic carboxylic acids is 1. The second-order valence-corrected chi connectivity index (χ2v) is 6.64. The predicted octanol–water partition coefficient (Wildman–Crippen LogP) is 4.01. The van der Waals surface area contributed by atoms with E-state index in [0.29, 0.717) is 17.0 Å². The van der Waals surface area contributed by atoms with Crippen molar-refractivity contribution < 1.29 is 19.4 Å². The van der Waals surface area contributed by atoms with Gasteiger partial charge in [0, 0.05) is 17.3 Å². The van der Waals surface area contributed by atoms with Gasteiger partial charge in [0.25, 0.3) is 5.91 Å². The molecule has 3 aromatic rings. The highest BCUT2D eigenvalue weighted by Gasteiger charge is 2.20. The average molecular weight is 390 g/mol. The van der Waals surface area contributed by atoms with Crippen LogP contribution >= 0.6 is 0 Å². The number of nitrogens with one attached hydrogen (secondary N) is 1. The monoisotopic (exact) mass is 390 g/mol. The molecule has 0 fully saturated rings. The van der Waals surface area contributed by atoms with E-state index in [-0.39, 0.29) is 12.3 Å². The number of carboxylic acid groups (broad SMARTS) is 1. The second kappa shape index (κ2) is 9.01. The molecule has 29 heavy (non-hydrogen) atoms. The summed E-state index contributed by atoms with van der Waals surface area (Å²) in [5.74, 6) is -0.642. The number of benzene rings is 2. The predicted molar refractivity (Wildman–Crippen MR) is 110 cm³/mol. The zero-order valence-corrected chi connectivity index (χ0v) is 16.3. The van der Waals surface area contributed by atoms with Crippen LogP contribution in [-0.2, 0) is 4.79 Å². The highest BCUT2D eigenvalue weighted by atomic mass is 16.5. The van der Waals surface area contributed by atoms with Gasteiger partial charge in [0.05, 0.1) is 25.3 Å². The molecule has 0 unspecified atom stereocenters. The Bertz CT molecular complexity index is 1030. The molecule has 2 N–H and O–H groups in total. The lowest BCUT2D eigenvalue weighted by Crippen LogP contribution is -2.30. The van der Waals surface area contributed by atoms with E-state index in [1.165, 1.54) is 0 Å². The molecule has 0 spiro atoms. The van der Waals surface area contributed by atoms with Crippen LogP contribution in [0.1, 0.15) is 33.9 Å². The fraction of sp³-hybridized carbons (Fsp3) is 0.174. The molecule has 148 valence electrons. The number of aryl methyl sites for hydroxylation is 1. The van der Waals surface area contributed by atoms with Crippen molar-refractivity contribution in [3.63, 3.8) is 0 Å². The van der Waals surface area contributed by atoms with E-state index >= 15 is 0 Å². The first-order valence-corrected chi connectivity index (χ1v) is 9.16. The Morgan fingerprint density at radius 3 is 2.62 bits per heavy atom. The summed E-state index contributed by atoms with van der Waals surface area (Å²) in [5, 5.41) is 12.1. The standard InChI is InChI=1S/C23H22N2O4/c1-15-6-3-4-9-19(15)21(14-22(26)27)25-23(28)17-10-11-24-20(13-17)16-7-5-8-18(12-16)29-2/h3-13,21H,14H2,1-2H3,(H,25,28)(H,26,27)/t21-/m0/s1. The molecule has 6 heteroatoms. The quantitative estimate of drug-likeness (QED) is 0.636. The fourth-order valence-electron chi connectivity index (χ4n) is 3.14. The van der Waals surface area contributed by atoms with Gasteiger partial charge < -0.3 is 15.2 Å². The van der Waals surface area contributed by atoms with Crippen LogP contribution in [0, 0.1) is 6.92 Å². The summed E-state index contributed by atoms with van der Waals surface area (Å²) in [6, 6.07) is 17.5. The van der Waals surface area contributed by atoms with Crippen LogP contribution in [0.4, 0.5) is 0 Å². The van der Waals surface area contributed by atoms with E-state index in [2.05, 4.69) is 10.3 Å². The number of ether oxygens (including phenoxy) is 1. The first kappa shape index (κ1) is 20.1. The maximum absolute atomic E-state index is 12.9. The van der Waals surface area contributed by atoms with E-state index in [1.54, 1.807) is 25.4 Å². The van der Waals surface area contributed by atoms with Gasteiger partial charge in [-0.15, -0.1) is 0 Å². The fourth-order valence-corrected chi connectivity index (χ4v) is 3.14. The molecule has 0 radical (unpaired) electrons. The van der Waals surface area contributed by atoms with Crippen molar-refractivity contribution in [3.05, 3.63) is 83.6 Å². The SMILES string of the molecule is COc1cccc(-c2cc(C(=O)N[C@@H](CC(=O)O)c3ccccc3C)ccn2)c1. The van der Waals surface area contributed by atoms with Crippen LogP contribution in [0.2, 0.25) is 0 Å². The Hall–Kier alpha value is -3.67. The van der Waals surface area contributed by atoms with Gasteiger partial charge in [0.15, 0.2) is 0 Å². The summed E-state index contributed by atoms with van der Waals surface area (Å²) in [5.41, 5.74) is 3.56. The molecule has 2 aromatic carbocycles. The van der Waals surface area contributed by atoms with E-state index < -0.39 is 12.0 Å². The van der Waals surface area contributed by atoms with Crippen LogP contribution in [0.25, 0.3) is 11.3 Å². The van der Waals surface area contributed by atoms with E-state index in [9.17, 15) is 14.7 Å². The number of rotatable bonds is 7. The van der Waals surface area contributed by atoms with Crippen LogP contribution in [0.5, 0.6) is 5.75 Å². The Labute approximate surface area is 169 Å². The van der Waals surface area contributed by atoms with Gasteiger partial charge in [-0.1, -0.05) is 36.4 Å². The molecule has 6 nitrogen and oxygen atoms in total. The maximum Gasteiger partial charge on any atom is 0.305 e. The molecular formula is C23H22N2O4. The van der Waals surface area contributed by atoms with Gasteiger partial charge in [-0.25, -0.2) is 0 Å². The number of carbonyl (C=O) groups is 2. The number of hydrogen-bond acceptors (Lipinski definition) is 4. The van der Waals surface area contributed by atoms with Crippen molar-refractivity contribution in [2.75, 3.05) is 7.11 Å². The maximum atomic E-state index is 12.9. The van der Waals surface area contributed by atoms with Gasteiger partial charge in [-0.3, -0.25) is 14.6 Å². The average Bonchev–Trinajstić information content (AvgIpc) is 2.73. The number of hydrogen-bond donors (Lipinski definition) is 2. The highest BCUT2D eigenvalue weighted by molar-refractivity contribution is 5.95. The van der Waals surface area contributed by atoms with Crippen molar-refractivity contribution in [2.45, 2.75) is 19.4 Å². The molecule has 0 aliphatic rings. The van der Waals surface area contributed by atoms with Crippen molar-refractivity contribution in [1.29, 1.82) is 0 Å². The third-order valence-corrected chi connectivity index (χ3v) is 4.64. The number of pyridine rings is 1. The molecule has 1 amide bonds. The lowest BCUT2D eigenvalue weighted by atomic mass is 9.98. The Kier molecular flexibility index (Phi) is 6.24. The summed E-state index contributed by atoms with van der Waals surface area (Å²) in [6.45, 7) is 1.89. The molecule has 0 bridgehead atoms. The number of carbonyl (C=O) groups excluding carboxylic acids is 1. The minimum atomic E-state index is -0.981. The molecule has 0 saturated heterocycles. The van der Waals surface area contributed by atoms with Crippen molar-refractivity contribution in [3.8, 4) is 17.0 Å². The lowest BCUT2D eigenvalue weighted by Gasteiger charge is -2.19. The molecule has 1 aromatic heterocycles. The van der Waals surface area contributed by atoms with Crippen molar-refractivity contribution >= 4 is 11.9 Å². The third kappa shape index (κ3) is 4.99. The number of carboxylic acids is 1. The molecule has 0 aliphatic carbocycles. The Balaban J connectivity index is 1.87. The first-order chi connectivity index (χ1) is 14.0. The molecular weight excluding hydrogens is 368 g/mol. The minimum absolute atomic E-state index is 0.204. The number of methoxy groups -OCH3 is 1. The number of amides is 1. The van der Waals surface area contributed by atoms with Crippen LogP contribution in [-0.4, -0.2) is 29.1 Å². The van der Waals surface area contributed by atoms with Gasteiger partial charge in [0.1, 0.15) is 5.75 Å². The summed E-state index contributed by atoms with van der Waals surface area (Å²) < 4.78 is 5.24. The number of nitrogens with zero attached hydrogens (tertiary/aromatic N) is 1. The Morgan fingerprint density at radius 1 is 1.10 bits per heavy atom. The van der Waals surface area contributed by atoms with E-state index in [4.69, 9.17) is 4.74 Å². The second-order valence-electron chi connectivity index (χ2n) is 6.64. The summed E-state index contributed by atoms with van der Waals surface area (Å²) in [4.78, 5) is 28.5. The molecule has 3 rings (SSSR count). The van der Waals surface area contributed by atoms with Gasteiger partial charge in [-0.05, 0) is 42.3 Å². The van der Waals surface area contributed by atoms with Crippen molar-refractivity contribution in [2.24, 2.45) is 0 Å². The molecule has 1 heterocycles. The minimum Gasteiger partial charge on any atom is -0.497 e. The van der Waals surface area contributed by atoms with E-state index in [1.807, 2.05) is 55.5 Å². The highest BCUT2D eigenvalue weighted by Crippen LogP contribution is 2.24. The topological polar surface area (TPSA) is 88.5 Å². The zero-order chi connectivity index (χ0) is 20.8. The van der Waals surface area contributed by atoms with Crippen LogP contribution < -0.4 is 10.1 Å². The van der Waals surface area contributed by atoms with Crippen LogP contribution in [0.3, 0.4) is 0 Å². The summed E-state index contributed by atoms with van der Waals surface area (Å²) in [7, 11) is 1.59. The molecule has 1 atom stereocenters. The normalized spacial score (nSPS) is 11.5. The number of aromatic nitrogens is 1. The van der Waals surface area contributed by atoms with Gasteiger partial charge in [0.2, 0.25) is 0 Å². The van der Waals surface area contributed by atoms with Gasteiger partial charge >= 0.3 is 5.97 Å². The Morgan fingerprint density at radius 2 is 1.90 bits per heavy atom. The largest absolute Gasteiger partial charge is 0.497 e. The van der Waals surface area contributed by atoms with Crippen molar-refractivity contribution in [1.82, 2.24) is 10.3 Å². The van der Waals surface area contributed by atoms with Gasteiger partial charge in [-0.2, -0.15) is 0 Å². The molecule has 0 saturated carbocycles. The van der Waals surface area contributed by atoms with E-state index in [0.717, 1.165) is 16.7 Å². The summed E-state index contributed by atoms with van der Waals surface area (Å²) >= 11 is 0. The van der Waals surface area contributed by atoms with Crippen LogP contribution in [0.15, 0.2) is 66.9 Å². The first-order valence-electron chi connectivity index (χ1n) is 9.16. The smallest absolute Gasteiger partial charge is 0.305 e. The summed E-state index contributed by atoms with van der Waals surface area (Å²) in [6.07, 6.45) is 1.36. The zero-order valence-electron chi connectivity index (χ0n) is 16.3. The third-order valence-electron chi connectivity index (χ3n) is 4.64. The molecule has 0 aliphatic heterocycles.